The summed E-state index contributed by atoms with van der Waals surface area (Å²) >= 11 is 0. The molecule has 0 aliphatic carbocycles. The van der Waals surface area contributed by atoms with Gasteiger partial charge in [-0.2, -0.15) is 0 Å². The van der Waals surface area contributed by atoms with E-state index in [4.69, 9.17) is 9.47 Å². The molecule has 0 atom stereocenters. The molecule has 9 heteroatoms. The second kappa shape index (κ2) is 16.2. The van der Waals surface area contributed by atoms with E-state index in [1.54, 1.807) is 0 Å². The highest BCUT2D eigenvalue weighted by molar-refractivity contribution is 7.04. The standard InChI is InChI=1S/C69H47B3N4O2/c1-42-32-59-67-60(33-42)74(46-22-10-5-11-23-46)58-41-56-52(71-50-29-17-19-31-64(50)78-66-37-44(3)35-62(69(66)71)76(56)48-26-14-7-15-27-48)39-54(58)72(67)53-38-51-55(40-57(53)73(59)45-20-8-4-9-21-45)75(47-24-12-6-13-25-47)61-34-43(2)36-65-68(61)70(51)49-28-16-18-30-63(49)77-65/h4-41H,1-3H3. The molecule has 364 valence electrons. The van der Waals surface area contributed by atoms with E-state index in [0.717, 1.165) is 91.0 Å². The third-order valence-corrected chi connectivity index (χ3v) is 17.2. The first-order valence-electron chi connectivity index (χ1n) is 27.2. The molecule has 11 aromatic rings. The van der Waals surface area contributed by atoms with Gasteiger partial charge >= 0.3 is 0 Å². The first-order valence-corrected chi connectivity index (χ1v) is 27.2. The third-order valence-electron chi connectivity index (χ3n) is 17.2. The number of aryl methyl sites for hydroxylation is 3. The Kier molecular flexibility index (Phi) is 9.07. The van der Waals surface area contributed by atoms with Crippen molar-refractivity contribution in [3.05, 3.63) is 247 Å². The second-order valence-electron chi connectivity index (χ2n) is 21.8. The topological polar surface area (TPSA) is 31.4 Å². The smallest absolute Gasteiger partial charge is 0.256 e. The summed E-state index contributed by atoms with van der Waals surface area (Å²) in [5, 5.41) is 0. The summed E-state index contributed by atoms with van der Waals surface area (Å²) in [4.78, 5) is 10.1. The third kappa shape index (κ3) is 6.07. The Labute approximate surface area is 455 Å². The minimum atomic E-state index is -0.172. The van der Waals surface area contributed by atoms with E-state index in [1.165, 1.54) is 66.1 Å². The van der Waals surface area contributed by atoms with E-state index in [9.17, 15) is 0 Å². The van der Waals surface area contributed by atoms with Gasteiger partial charge in [0.1, 0.15) is 23.0 Å². The van der Waals surface area contributed by atoms with Crippen LogP contribution in [0.25, 0.3) is 0 Å². The highest BCUT2D eigenvalue weighted by Crippen LogP contribution is 2.50. The highest BCUT2D eigenvalue weighted by atomic mass is 16.5. The van der Waals surface area contributed by atoms with E-state index in [1.807, 2.05) is 0 Å². The van der Waals surface area contributed by atoms with Gasteiger partial charge in [0.2, 0.25) is 0 Å². The highest BCUT2D eigenvalue weighted by Gasteiger charge is 2.50. The van der Waals surface area contributed by atoms with Gasteiger partial charge in [-0.3, -0.25) is 0 Å². The van der Waals surface area contributed by atoms with Gasteiger partial charge in [0, 0.05) is 68.2 Å². The van der Waals surface area contributed by atoms with E-state index in [-0.39, 0.29) is 20.1 Å². The van der Waals surface area contributed by atoms with E-state index >= 15 is 0 Å². The lowest BCUT2D eigenvalue weighted by Gasteiger charge is -2.47. The van der Waals surface area contributed by atoms with E-state index in [0.29, 0.717) is 0 Å². The molecule has 0 saturated carbocycles. The molecule has 6 heterocycles. The van der Waals surface area contributed by atoms with Gasteiger partial charge in [-0.1, -0.05) is 121 Å². The lowest BCUT2D eigenvalue weighted by Crippen LogP contribution is -2.66. The summed E-state index contributed by atoms with van der Waals surface area (Å²) in [6.07, 6.45) is 0. The van der Waals surface area contributed by atoms with Crippen LogP contribution in [0.5, 0.6) is 23.0 Å². The largest absolute Gasteiger partial charge is 0.458 e. The summed E-state index contributed by atoms with van der Waals surface area (Å²) in [5.41, 5.74) is 28.3. The minimum absolute atomic E-state index is 0.0890. The molecule has 17 rings (SSSR count). The van der Waals surface area contributed by atoms with Gasteiger partial charge in [-0.25, -0.2) is 0 Å². The second-order valence-corrected chi connectivity index (χ2v) is 21.8. The summed E-state index contributed by atoms with van der Waals surface area (Å²) in [6.45, 7) is 6.28. The van der Waals surface area contributed by atoms with Crippen LogP contribution >= 0.6 is 0 Å². The Morgan fingerprint density at radius 1 is 0.244 bits per heavy atom. The van der Waals surface area contributed by atoms with Crippen molar-refractivity contribution < 1.29 is 9.47 Å². The Bertz CT molecular complexity index is 4090. The lowest BCUT2D eigenvalue weighted by atomic mass is 9.29. The quantitative estimate of drug-likeness (QED) is 0.163. The molecular formula is C69H47B3N4O2. The summed E-state index contributed by atoms with van der Waals surface area (Å²) in [7, 11) is 0. The molecule has 78 heavy (non-hydrogen) atoms. The number of para-hydroxylation sites is 6. The molecule has 6 nitrogen and oxygen atoms in total. The SMILES string of the molecule is Cc1cc2c3c(c1)N(c1ccccc1)c1cc4c(cc1B3c1ccccc1O2)B1c2cc3c(cc2N(c2ccccc2)c2cc(C)cc(c21)N4c1ccccc1)N(c1ccccc1)c1cc(C)cc2c1B3c1ccccc1O2. The Balaban J connectivity index is 1.01. The van der Waals surface area contributed by atoms with Crippen molar-refractivity contribution >= 4 is 138 Å². The van der Waals surface area contributed by atoms with Crippen LogP contribution in [0.1, 0.15) is 16.7 Å². The maximum atomic E-state index is 6.95. The van der Waals surface area contributed by atoms with Crippen molar-refractivity contribution in [3.63, 3.8) is 0 Å². The average Bonchev–Trinajstić information content (AvgIpc) is 2.78. The zero-order chi connectivity index (χ0) is 51.5. The Hall–Kier alpha value is -9.59. The van der Waals surface area contributed by atoms with Gasteiger partial charge in [0.15, 0.2) is 0 Å². The molecule has 6 aliphatic rings. The number of ether oxygens (including phenoxy) is 2. The summed E-state index contributed by atoms with van der Waals surface area (Å²) in [5.74, 6) is 3.63. The molecule has 0 bridgehead atoms. The normalized spacial score (nSPS) is 14.1. The molecule has 0 N–H and O–H groups in total. The van der Waals surface area contributed by atoms with Gasteiger partial charge < -0.3 is 29.1 Å². The number of hydrogen-bond acceptors (Lipinski definition) is 6. The molecular weight excluding hydrogens is 949 g/mol. The van der Waals surface area contributed by atoms with E-state index < -0.39 is 0 Å². The number of hydrogen-bond donors (Lipinski definition) is 0. The van der Waals surface area contributed by atoms with Gasteiger partial charge in [-0.05, 0) is 196 Å². The van der Waals surface area contributed by atoms with Gasteiger partial charge in [0.25, 0.3) is 20.1 Å². The Morgan fingerprint density at radius 3 is 0.872 bits per heavy atom. The van der Waals surface area contributed by atoms with Crippen LogP contribution in [0.15, 0.2) is 231 Å². The fourth-order valence-corrected chi connectivity index (χ4v) is 14.2. The molecule has 0 spiro atoms. The molecule has 0 amide bonds. The van der Waals surface area contributed by atoms with Crippen molar-refractivity contribution in [3.8, 4) is 23.0 Å². The van der Waals surface area contributed by atoms with Crippen LogP contribution in [0.3, 0.4) is 0 Å². The van der Waals surface area contributed by atoms with Crippen LogP contribution in [0, 0.1) is 20.8 Å². The number of anilines is 12. The molecule has 11 aromatic carbocycles. The van der Waals surface area contributed by atoms with Crippen molar-refractivity contribution in [2.24, 2.45) is 0 Å². The first kappa shape index (κ1) is 43.6. The number of fused-ring (bicyclic) bond motifs is 12. The lowest BCUT2D eigenvalue weighted by molar-refractivity contribution is 0.487. The van der Waals surface area contributed by atoms with Crippen molar-refractivity contribution in [1.29, 1.82) is 0 Å². The predicted octanol–water partition coefficient (Wildman–Crippen LogP) is 11.5. The predicted molar refractivity (Wildman–Crippen MR) is 326 cm³/mol. The first-order chi connectivity index (χ1) is 38.4. The monoisotopic (exact) mass is 996 g/mol. The van der Waals surface area contributed by atoms with Crippen LogP contribution in [-0.4, -0.2) is 20.1 Å². The number of nitrogens with zero attached hydrogens (tertiary/aromatic N) is 4. The van der Waals surface area contributed by atoms with Gasteiger partial charge in [-0.15, -0.1) is 0 Å². The zero-order valence-electron chi connectivity index (χ0n) is 43.3. The molecule has 0 unspecified atom stereocenters. The number of benzene rings is 11. The van der Waals surface area contributed by atoms with Crippen molar-refractivity contribution in [2.75, 3.05) is 19.6 Å². The van der Waals surface area contributed by atoms with Crippen molar-refractivity contribution in [2.45, 2.75) is 20.8 Å². The number of rotatable bonds is 4. The molecule has 0 fully saturated rings. The summed E-state index contributed by atoms with van der Waals surface area (Å²) < 4.78 is 13.9. The molecule has 6 aliphatic heterocycles. The Morgan fingerprint density at radius 2 is 0.526 bits per heavy atom. The maximum absolute atomic E-state index is 6.95. The van der Waals surface area contributed by atoms with Crippen molar-refractivity contribution in [1.82, 2.24) is 0 Å². The fraction of sp³-hybridized carbons (Fsp3) is 0.0435. The fourth-order valence-electron chi connectivity index (χ4n) is 14.2. The summed E-state index contributed by atoms with van der Waals surface area (Å²) in [6, 6.07) is 85.5. The molecule has 0 radical (unpaired) electrons. The van der Waals surface area contributed by atoms with Gasteiger partial charge in [0.05, 0.1) is 0 Å². The van der Waals surface area contributed by atoms with Crippen LogP contribution < -0.4 is 78.2 Å². The van der Waals surface area contributed by atoms with Crippen LogP contribution in [0.4, 0.5) is 68.2 Å². The minimum Gasteiger partial charge on any atom is -0.458 e. The maximum Gasteiger partial charge on any atom is 0.256 e. The zero-order valence-corrected chi connectivity index (χ0v) is 43.3. The van der Waals surface area contributed by atoms with Crippen LogP contribution in [-0.2, 0) is 0 Å². The molecule has 0 saturated heterocycles. The van der Waals surface area contributed by atoms with E-state index in [2.05, 4.69) is 271 Å². The molecule has 0 aromatic heterocycles. The average molecular weight is 997 g/mol. The van der Waals surface area contributed by atoms with Crippen LogP contribution in [0.2, 0.25) is 0 Å².